The minimum absolute atomic E-state index is 0.755. The second-order valence-electron chi connectivity index (χ2n) is 4.08. The zero-order valence-corrected chi connectivity index (χ0v) is 11.9. The molecule has 1 rings (SSSR count). The minimum atomic E-state index is 0.755. The molecule has 0 radical (unpaired) electrons. The van der Waals surface area contributed by atoms with Gasteiger partial charge in [-0.05, 0) is 50.8 Å². The Balaban J connectivity index is 3.02. The Morgan fingerprint density at radius 3 is 2.50 bits per heavy atom. The van der Waals surface area contributed by atoms with E-state index in [1.54, 1.807) is 7.11 Å². The van der Waals surface area contributed by atoms with Crippen LogP contribution in [0.4, 0.5) is 0 Å². The Morgan fingerprint density at radius 1 is 1.25 bits per heavy atom. The highest BCUT2D eigenvalue weighted by Crippen LogP contribution is 2.34. The van der Waals surface area contributed by atoms with Gasteiger partial charge < -0.3 is 10.5 Å². The number of halogens is 1. The number of rotatable bonds is 5. The summed E-state index contributed by atoms with van der Waals surface area (Å²) in [5.74, 6) is 1.01. The van der Waals surface area contributed by atoms with Gasteiger partial charge in [0.25, 0.3) is 0 Å². The van der Waals surface area contributed by atoms with Gasteiger partial charge in [0.05, 0.1) is 7.11 Å². The molecule has 0 bridgehead atoms. The van der Waals surface area contributed by atoms with Crippen molar-refractivity contribution in [3.05, 3.63) is 27.2 Å². The summed E-state index contributed by atoms with van der Waals surface area (Å²) in [5, 5.41) is 0. The standard InChI is InChI=1S/C13H20BrNO/c1-9-8-10(2)13(16-3)11(12(9)14)6-4-5-7-15/h8H,4-7,15H2,1-3H3. The molecule has 0 saturated carbocycles. The van der Waals surface area contributed by atoms with Crippen LogP contribution in [0.2, 0.25) is 0 Å². The molecule has 90 valence electrons. The second kappa shape index (κ2) is 6.26. The van der Waals surface area contributed by atoms with Crippen LogP contribution in [-0.2, 0) is 6.42 Å². The molecule has 16 heavy (non-hydrogen) atoms. The monoisotopic (exact) mass is 285 g/mol. The maximum Gasteiger partial charge on any atom is 0.126 e. The lowest BCUT2D eigenvalue weighted by atomic mass is 10.0. The lowest BCUT2D eigenvalue weighted by Crippen LogP contribution is -2.02. The highest BCUT2D eigenvalue weighted by Gasteiger charge is 2.12. The van der Waals surface area contributed by atoms with E-state index in [0.29, 0.717) is 0 Å². The summed E-state index contributed by atoms with van der Waals surface area (Å²) >= 11 is 3.65. The lowest BCUT2D eigenvalue weighted by molar-refractivity contribution is 0.405. The summed E-state index contributed by atoms with van der Waals surface area (Å²) in [6.45, 7) is 4.96. The van der Waals surface area contributed by atoms with Gasteiger partial charge in [-0.2, -0.15) is 0 Å². The quantitative estimate of drug-likeness (QED) is 0.842. The first-order valence-electron chi connectivity index (χ1n) is 5.64. The first-order chi connectivity index (χ1) is 7.61. The Bertz CT molecular complexity index is 363. The molecule has 3 heteroatoms. The van der Waals surface area contributed by atoms with Crippen molar-refractivity contribution in [1.29, 1.82) is 0 Å². The number of unbranched alkanes of at least 4 members (excludes halogenated alkanes) is 1. The number of nitrogens with two attached hydrogens (primary N) is 1. The summed E-state index contributed by atoms with van der Waals surface area (Å²) in [4.78, 5) is 0. The molecule has 0 unspecified atom stereocenters. The SMILES string of the molecule is COc1c(C)cc(C)c(Br)c1CCCCN. The van der Waals surface area contributed by atoms with E-state index in [0.717, 1.165) is 31.6 Å². The normalized spacial score (nSPS) is 10.6. The molecular weight excluding hydrogens is 266 g/mol. The molecule has 2 N–H and O–H groups in total. The fourth-order valence-corrected chi connectivity index (χ4v) is 2.48. The minimum Gasteiger partial charge on any atom is -0.496 e. The van der Waals surface area contributed by atoms with Crippen molar-refractivity contribution >= 4 is 15.9 Å². The van der Waals surface area contributed by atoms with E-state index in [1.807, 2.05) is 0 Å². The molecule has 0 saturated heterocycles. The van der Waals surface area contributed by atoms with Crippen LogP contribution >= 0.6 is 15.9 Å². The molecule has 0 fully saturated rings. The largest absolute Gasteiger partial charge is 0.496 e. The number of aryl methyl sites for hydroxylation is 2. The Kier molecular flexibility index (Phi) is 5.29. The van der Waals surface area contributed by atoms with E-state index in [9.17, 15) is 0 Å². The Hall–Kier alpha value is -0.540. The highest BCUT2D eigenvalue weighted by atomic mass is 79.9. The molecule has 0 aliphatic rings. The van der Waals surface area contributed by atoms with Crippen molar-refractivity contribution in [2.45, 2.75) is 33.1 Å². The summed E-state index contributed by atoms with van der Waals surface area (Å²) < 4.78 is 6.65. The van der Waals surface area contributed by atoms with Crippen LogP contribution in [0.25, 0.3) is 0 Å². The van der Waals surface area contributed by atoms with Crippen LogP contribution in [0.5, 0.6) is 5.75 Å². The number of methoxy groups -OCH3 is 1. The first-order valence-corrected chi connectivity index (χ1v) is 6.43. The van der Waals surface area contributed by atoms with Gasteiger partial charge in [0, 0.05) is 10.0 Å². The van der Waals surface area contributed by atoms with Crippen LogP contribution < -0.4 is 10.5 Å². The van der Waals surface area contributed by atoms with E-state index in [1.165, 1.54) is 21.2 Å². The van der Waals surface area contributed by atoms with Crippen LogP contribution in [0.15, 0.2) is 10.5 Å². The van der Waals surface area contributed by atoms with Crippen molar-refractivity contribution in [2.24, 2.45) is 5.73 Å². The average Bonchev–Trinajstić information content (AvgIpc) is 2.25. The summed E-state index contributed by atoms with van der Waals surface area (Å²) in [6.07, 6.45) is 3.18. The van der Waals surface area contributed by atoms with Crippen molar-refractivity contribution in [3.8, 4) is 5.75 Å². The average molecular weight is 286 g/mol. The zero-order chi connectivity index (χ0) is 12.1. The van der Waals surface area contributed by atoms with E-state index < -0.39 is 0 Å². The van der Waals surface area contributed by atoms with Gasteiger partial charge in [-0.25, -0.2) is 0 Å². The molecule has 1 aromatic rings. The molecule has 0 amide bonds. The smallest absolute Gasteiger partial charge is 0.126 e. The molecular formula is C13H20BrNO. The Labute approximate surface area is 106 Å². The maximum absolute atomic E-state index is 5.52. The molecule has 0 heterocycles. The third-order valence-corrected chi connectivity index (χ3v) is 3.87. The van der Waals surface area contributed by atoms with E-state index >= 15 is 0 Å². The highest BCUT2D eigenvalue weighted by molar-refractivity contribution is 9.10. The Morgan fingerprint density at radius 2 is 1.94 bits per heavy atom. The zero-order valence-electron chi connectivity index (χ0n) is 10.3. The topological polar surface area (TPSA) is 35.2 Å². The van der Waals surface area contributed by atoms with Crippen molar-refractivity contribution < 1.29 is 4.74 Å². The number of benzene rings is 1. The van der Waals surface area contributed by atoms with Gasteiger partial charge in [0.2, 0.25) is 0 Å². The number of ether oxygens (including phenoxy) is 1. The van der Waals surface area contributed by atoms with E-state index in [2.05, 4.69) is 35.8 Å². The molecule has 0 aliphatic carbocycles. The molecule has 0 spiro atoms. The van der Waals surface area contributed by atoms with Crippen molar-refractivity contribution in [1.82, 2.24) is 0 Å². The predicted molar refractivity (Wildman–Crippen MR) is 72.2 cm³/mol. The van der Waals surface area contributed by atoms with Gasteiger partial charge in [0.1, 0.15) is 5.75 Å². The summed E-state index contributed by atoms with van der Waals surface area (Å²) in [6, 6.07) is 2.15. The fourth-order valence-electron chi connectivity index (χ4n) is 1.98. The molecule has 0 atom stereocenters. The van der Waals surface area contributed by atoms with Crippen LogP contribution in [0, 0.1) is 13.8 Å². The van der Waals surface area contributed by atoms with Crippen molar-refractivity contribution in [3.63, 3.8) is 0 Å². The van der Waals surface area contributed by atoms with Gasteiger partial charge in [0.15, 0.2) is 0 Å². The molecule has 1 aromatic carbocycles. The maximum atomic E-state index is 5.52. The van der Waals surface area contributed by atoms with Gasteiger partial charge in [-0.15, -0.1) is 0 Å². The number of hydrogen-bond donors (Lipinski definition) is 1. The van der Waals surface area contributed by atoms with Gasteiger partial charge in [-0.3, -0.25) is 0 Å². The van der Waals surface area contributed by atoms with Gasteiger partial charge in [-0.1, -0.05) is 22.0 Å². The summed E-state index contributed by atoms with van der Waals surface area (Å²) in [7, 11) is 1.73. The first kappa shape index (κ1) is 13.5. The van der Waals surface area contributed by atoms with Crippen LogP contribution in [0.1, 0.15) is 29.5 Å². The third-order valence-electron chi connectivity index (χ3n) is 2.76. The fraction of sp³-hybridized carbons (Fsp3) is 0.538. The van der Waals surface area contributed by atoms with E-state index in [-0.39, 0.29) is 0 Å². The number of hydrogen-bond acceptors (Lipinski definition) is 2. The van der Waals surface area contributed by atoms with Gasteiger partial charge >= 0.3 is 0 Å². The van der Waals surface area contributed by atoms with Crippen molar-refractivity contribution in [2.75, 3.05) is 13.7 Å². The van der Waals surface area contributed by atoms with Crippen LogP contribution in [-0.4, -0.2) is 13.7 Å². The predicted octanol–water partition coefficient (Wildman–Crippen LogP) is 3.36. The third kappa shape index (κ3) is 2.98. The lowest BCUT2D eigenvalue weighted by Gasteiger charge is -2.15. The summed E-state index contributed by atoms with van der Waals surface area (Å²) in [5.41, 5.74) is 9.25. The molecule has 2 nitrogen and oxygen atoms in total. The molecule has 0 aromatic heterocycles. The second-order valence-corrected chi connectivity index (χ2v) is 4.87. The molecule has 0 aliphatic heterocycles. The van der Waals surface area contributed by atoms with Crippen LogP contribution in [0.3, 0.4) is 0 Å². The van der Waals surface area contributed by atoms with E-state index in [4.69, 9.17) is 10.5 Å².